The van der Waals surface area contributed by atoms with Crippen LogP contribution < -0.4 is 0 Å². The highest BCUT2D eigenvalue weighted by molar-refractivity contribution is 7.90. The number of hydrogen-bond acceptors (Lipinski definition) is 4. The molecule has 6 heteroatoms. The average Bonchev–Trinajstić information content (AvgIpc) is 2.64. The molecule has 0 aliphatic carbocycles. The Morgan fingerprint density at radius 3 is 2.38 bits per heavy atom. The third kappa shape index (κ3) is 3.47. The van der Waals surface area contributed by atoms with Crippen molar-refractivity contribution < 1.29 is 16.6 Å². The van der Waals surface area contributed by atoms with E-state index in [0.29, 0.717) is 5.56 Å². The van der Waals surface area contributed by atoms with E-state index in [4.69, 9.17) is 19.8 Å². The van der Waals surface area contributed by atoms with Crippen LogP contribution in [0.2, 0.25) is 5.02 Å². The van der Waals surface area contributed by atoms with Gasteiger partial charge in [0.1, 0.15) is 0 Å². The van der Waals surface area contributed by atoms with E-state index < -0.39 is 16.7 Å². The first kappa shape index (κ1) is 10.6. The molecule has 0 N–H and O–H groups in total. The molecule has 0 atom stereocenters. The van der Waals surface area contributed by atoms with Crippen molar-refractivity contribution in [2.45, 2.75) is 11.7 Å². The Labute approximate surface area is 154 Å². The summed E-state index contributed by atoms with van der Waals surface area (Å²) in [5, 5.41) is -0.209. The minimum atomic E-state index is -3.43. The van der Waals surface area contributed by atoms with Gasteiger partial charge in [0, 0.05) is 39.5 Å². The van der Waals surface area contributed by atoms with Gasteiger partial charge in [-0.1, -0.05) is 23.7 Å². The Hall–Kier alpha value is -2.24. The first-order chi connectivity index (χ1) is 13.8. The van der Waals surface area contributed by atoms with Gasteiger partial charge in [0.15, 0.2) is 9.84 Å². The van der Waals surface area contributed by atoms with Gasteiger partial charge in [-0.15, -0.1) is 0 Å². The lowest BCUT2D eigenvalue weighted by atomic mass is 10.0. The summed E-state index contributed by atoms with van der Waals surface area (Å²) in [6.07, 6.45) is 0.306. The molecule has 24 heavy (non-hydrogen) atoms. The van der Waals surface area contributed by atoms with Crippen molar-refractivity contribution >= 4 is 21.4 Å². The van der Waals surface area contributed by atoms with Crippen LogP contribution in [0.25, 0.3) is 22.4 Å². The van der Waals surface area contributed by atoms with Crippen LogP contribution in [0.1, 0.15) is 13.9 Å². The molecule has 0 saturated heterocycles. The van der Waals surface area contributed by atoms with Crippen molar-refractivity contribution in [2.75, 3.05) is 6.26 Å². The monoisotopic (exact) mass is 364 g/mol. The number of benzene rings is 1. The first-order valence-electron chi connectivity index (χ1n) is 9.76. The Morgan fingerprint density at radius 2 is 1.75 bits per heavy atom. The van der Waals surface area contributed by atoms with E-state index in [9.17, 15) is 8.42 Å². The van der Waals surface area contributed by atoms with Gasteiger partial charge in [-0.25, -0.2) is 8.42 Å². The van der Waals surface area contributed by atoms with Crippen molar-refractivity contribution in [1.82, 2.24) is 9.97 Å². The van der Waals surface area contributed by atoms with Crippen LogP contribution >= 0.6 is 11.6 Å². The summed E-state index contributed by atoms with van der Waals surface area (Å²) < 4.78 is 70.2. The molecule has 4 nitrogen and oxygen atoms in total. The molecule has 2 heterocycles. The molecular weight excluding hydrogens is 344 g/mol. The molecule has 3 aromatic rings. The van der Waals surface area contributed by atoms with E-state index in [0.717, 1.165) is 6.26 Å². The molecule has 2 aromatic heterocycles. The van der Waals surface area contributed by atoms with Gasteiger partial charge in [0.05, 0.1) is 19.7 Å². The number of nitrogens with zero attached hydrogens (tertiary/aromatic N) is 2. The maximum absolute atomic E-state index is 11.7. The predicted molar refractivity (Wildman–Crippen MR) is 95.8 cm³/mol. The predicted octanol–water partition coefficient (Wildman–Crippen LogP) is 4.18. The van der Waals surface area contributed by atoms with Crippen LogP contribution in [-0.4, -0.2) is 24.6 Å². The molecule has 0 spiro atoms. The summed E-state index contributed by atoms with van der Waals surface area (Å²) in [5.41, 5.74) is 0.477. The van der Waals surface area contributed by atoms with Crippen molar-refractivity contribution in [3.8, 4) is 22.4 Å². The molecular formula is C18H15ClN2O2S. The molecule has 3 rings (SSSR count). The highest BCUT2D eigenvalue weighted by atomic mass is 35.5. The highest BCUT2D eigenvalue weighted by Crippen LogP contribution is 2.32. The largest absolute Gasteiger partial charge is 0.261 e. The lowest BCUT2D eigenvalue weighted by Gasteiger charge is -2.10. The van der Waals surface area contributed by atoms with E-state index in [1.165, 1.54) is 36.4 Å². The Kier molecular flexibility index (Phi) is 2.80. The molecule has 1 aromatic carbocycles. The number of pyridine rings is 2. The second kappa shape index (κ2) is 6.34. The van der Waals surface area contributed by atoms with Crippen LogP contribution in [0.3, 0.4) is 0 Å². The van der Waals surface area contributed by atoms with Crippen LogP contribution in [-0.2, 0) is 9.84 Å². The Bertz CT molecular complexity index is 1250. The molecule has 0 bridgehead atoms. The average molecular weight is 365 g/mol. The highest BCUT2D eigenvalue weighted by Gasteiger charge is 2.12. The summed E-state index contributed by atoms with van der Waals surface area (Å²) in [4.78, 5) is 8.00. The van der Waals surface area contributed by atoms with Gasteiger partial charge in [-0.2, -0.15) is 0 Å². The van der Waals surface area contributed by atoms with E-state index in [1.54, 1.807) is 0 Å². The standard InChI is InChI=1S/C18H15ClN2O2S/c1-12-3-4-14(10-20-12)18-17(9-15(19)11-21-18)13-5-7-16(8-6-13)24(2,22)23/h3-11H,1-2H3/i1D3,9D,10D,11D. The first-order valence-corrected chi connectivity index (χ1v) is 9.03. The lowest BCUT2D eigenvalue weighted by molar-refractivity contribution is 0.602. The summed E-state index contributed by atoms with van der Waals surface area (Å²) in [6, 6.07) is 8.05. The van der Waals surface area contributed by atoms with Crippen LogP contribution in [0.15, 0.2) is 59.7 Å². The molecule has 0 unspecified atom stereocenters. The molecule has 0 amide bonds. The third-order valence-electron chi connectivity index (χ3n) is 3.27. The van der Waals surface area contributed by atoms with E-state index >= 15 is 0 Å². The molecule has 0 saturated carbocycles. The fourth-order valence-corrected chi connectivity index (χ4v) is 2.89. The minimum Gasteiger partial charge on any atom is -0.261 e. The summed E-state index contributed by atoms with van der Waals surface area (Å²) >= 11 is 6.05. The normalized spacial score (nSPS) is 15.6. The molecule has 0 aliphatic heterocycles. The number of aryl methyl sites for hydroxylation is 1. The molecule has 0 aliphatic rings. The fraction of sp³-hybridized carbons (Fsp3) is 0.111. The van der Waals surface area contributed by atoms with Crippen LogP contribution in [0.4, 0.5) is 0 Å². The number of sulfone groups is 1. The SMILES string of the molecule is [2H]c1nc(C([2H])([2H])[2H])ccc1-c1nc([2H])c(Cl)c([2H])c1-c1ccc(S(C)(=O)=O)cc1. The number of rotatable bonds is 3. The fourth-order valence-electron chi connectivity index (χ4n) is 2.12. The number of halogens is 1. The van der Waals surface area contributed by atoms with Gasteiger partial charge in [0.2, 0.25) is 0 Å². The number of aromatic nitrogens is 2. The van der Waals surface area contributed by atoms with Crippen molar-refractivity contribution in [2.24, 2.45) is 0 Å². The minimum absolute atomic E-state index is 0.0519. The third-order valence-corrected chi connectivity index (χ3v) is 4.58. The van der Waals surface area contributed by atoms with Crippen molar-refractivity contribution in [3.05, 3.63) is 65.5 Å². The quantitative estimate of drug-likeness (QED) is 0.699. The maximum Gasteiger partial charge on any atom is 0.175 e. The Morgan fingerprint density at radius 1 is 1.04 bits per heavy atom. The van der Waals surface area contributed by atoms with E-state index in [1.807, 2.05) is 0 Å². The topological polar surface area (TPSA) is 59.9 Å². The zero-order valence-corrected chi connectivity index (χ0v) is 14.0. The smallest absolute Gasteiger partial charge is 0.175 e. The lowest BCUT2D eigenvalue weighted by Crippen LogP contribution is -1.97. The van der Waals surface area contributed by atoms with Gasteiger partial charge in [-0.3, -0.25) is 9.97 Å². The summed E-state index contributed by atoms with van der Waals surface area (Å²) in [7, 11) is -3.43. The van der Waals surface area contributed by atoms with Gasteiger partial charge in [0.25, 0.3) is 0 Å². The van der Waals surface area contributed by atoms with Gasteiger partial charge < -0.3 is 0 Å². The van der Waals surface area contributed by atoms with E-state index in [2.05, 4.69) is 9.97 Å². The zero-order valence-electron chi connectivity index (χ0n) is 18.5. The molecule has 122 valence electrons. The summed E-state index contributed by atoms with van der Waals surface area (Å²) in [6.45, 7) is -2.49. The molecule has 0 fully saturated rings. The molecule has 0 radical (unpaired) electrons. The van der Waals surface area contributed by atoms with Crippen LogP contribution in [0, 0.1) is 6.85 Å². The maximum atomic E-state index is 11.7. The van der Waals surface area contributed by atoms with Crippen LogP contribution in [0.5, 0.6) is 0 Å². The van der Waals surface area contributed by atoms with Gasteiger partial charge in [-0.05, 0) is 42.7 Å². The summed E-state index contributed by atoms with van der Waals surface area (Å²) in [5.74, 6) is 0. The second-order valence-corrected chi connectivity index (χ2v) is 7.43. The van der Waals surface area contributed by atoms with Gasteiger partial charge >= 0.3 is 0 Å². The number of hydrogen-bond donors (Lipinski definition) is 0. The van der Waals surface area contributed by atoms with Crippen molar-refractivity contribution in [1.29, 1.82) is 0 Å². The van der Waals surface area contributed by atoms with Crippen molar-refractivity contribution in [3.63, 3.8) is 0 Å². The Balaban J connectivity index is 2.27. The van der Waals surface area contributed by atoms with E-state index in [-0.39, 0.29) is 50.8 Å². The second-order valence-electron chi connectivity index (χ2n) is 5.04. The zero-order chi connectivity index (χ0) is 22.4.